The molecule has 0 atom stereocenters. The van der Waals surface area contributed by atoms with Gasteiger partial charge in [0.05, 0.1) is 6.61 Å². The number of hydrogen-bond acceptors (Lipinski definition) is 4. The molecule has 1 fully saturated rings. The highest BCUT2D eigenvalue weighted by Gasteiger charge is 2.50. The first kappa shape index (κ1) is 14.0. The van der Waals surface area contributed by atoms with E-state index in [1.54, 1.807) is 4.68 Å². The van der Waals surface area contributed by atoms with Gasteiger partial charge >= 0.3 is 5.97 Å². The van der Waals surface area contributed by atoms with Crippen LogP contribution in [0.3, 0.4) is 0 Å². The van der Waals surface area contributed by atoms with Crippen molar-refractivity contribution in [2.24, 2.45) is 13.0 Å². The molecule has 0 saturated heterocycles. The fourth-order valence-electron chi connectivity index (χ4n) is 2.62. The fraction of sp³-hybridized carbons (Fsp3) is 0.786. The number of carbonyl (C=O) groups excluding carboxylic acids is 1. The van der Waals surface area contributed by atoms with Crippen LogP contribution in [0.4, 0.5) is 0 Å². The van der Waals surface area contributed by atoms with Crippen molar-refractivity contribution in [2.45, 2.75) is 51.9 Å². The second-order valence-corrected chi connectivity index (χ2v) is 5.73. The number of nitrogens with zero attached hydrogens (tertiary/aromatic N) is 3. The first-order valence-corrected chi connectivity index (χ1v) is 7.07. The third kappa shape index (κ3) is 2.51. The lowest BCUT2D eigenvalue weighted by Crippen LogP contribution is -2.45. The number of hydrogen-bond donors (Lipinski definition) is 0. The Labute approximate surface area is 114 Å². The van der Waals surface area contributed by atoms with Gasteiger partial charge in [-0.3, -0.25) is 9.48 Å². The molecule has 5 nitrogen and oxygen atoms in total. The van der Waals surface area contributed by atoms with E-state index in [0.717, 1.165) is 37.3 Å². The first-order chi connectivity index (χ1) is 8.99. The Hall–Kier alpha value is -1.39. The molecule has 0 aliphatic heterocycles. The predicted molar refractivity (Wildman–Crippen MR) is 71.7 cm³/mol. The van der Waals surface area contributed by atoms with E-state index in [1.165, 1.54) is 0 Å². The molecule has 0 aromatic carbocycles. The van der Waals surface area contributed by atoms with Crippen LogP contribution in [0.5, 0.6) is 0 Å². The van der Waals surface area contributed by atoms with E-state index in [9.17, 15) is 4.79 Å². The second kappa shape index (κ2) is 5.31. The monoisotopic (exact) mass is 265 g/mol. The normalized spacial score (nSPS) is 17.3. The molecule has 0 amide bonds. The van der Waals surface area contributed by atoms with Gasteiger partial charge in [0.2, 0.25) is 0 Å². The third-order valence-corrected chi connectivity index (χ3v) is 3.70. The van der Waals surface area contributed by atoms with Crippen LogP contribution in [0.2, 0.25) is 0 Å². The maximum Gasteiger partial charge on any atom is 0.319 e. The summed E-state index contributed by atoms with van der Waals surface area (Å²) < 4.78 is 6.99. The molecule has 1 aromatic rings. The Balaban J connectivity index is 2.28. The van der Waals surface area contributed by atoms with E-state index >= 15 is 0 Å². The van der Waals surface area contributed by atoms with Gasteiger partial charge in [-0.25, -0.2) is 4.98 Å². The molecule has 0 N–H and O–H groups in total. The van der Waals surface area contributed by atoms with Gasteiger partial charge in [-0.2, -0.15) is 5.10 Å². The highest BCUT2D eigenvalue weighted by molar-refractivity contribution is 5.83. The smallest absolute Gasteiger partial charge is 0.319 e. The summed E-state index contributed by atoms with van der Waals surface area (Å²) in [5, 5.41) is 4.44. The van der Waals surface area contributed by atoms with Crippen molar-refractivity contribution in [2.75, 3.05) is 6.61 Å². The Morgan fingerprint density at radius 1 is 1.47 bits per heavy atom. The summed E-state index contributed by atoms with van der Waals surface area (Å²) in [5.74, 6) is 1.96. The Kier molecular flexibility index (Phi) is 3.92. The van der Waals surface area contributed by atoms with Gasteiger partial charge < -0.3 is 4.74 Å². The zero-order chi connectivity index (χ0) is 14.0. The summed E-state index contributed by atoms with van der Waals surface area (Å²) in [6.45, 7) is 6.53. The number of esters is 1. The van der Waals surface area contributed by atoms with Crippen LogP contribution in [-0.2, 0) is 28.4 Å². The zero-order valence-electron chi connectivity index (χ0n) is 12.3. The molecule has 2 rings (SSSR count). The summed E-state index contributed by atoms with van der Waals surface area (Å²) >= 11 is 0. The van der Waals surface area contributed by atoms with Crippen molar-refractivity contribution in [1.29, 1.82) is 0 Å². The zero-order valence-corrected chi connectivity index (χ0v) is 12.3. The van der Waals surface area contributed by atoms with E-state index in [0.29, 0.717) is 12.5 Å². The largest absolute Gasteiger partial charge is 0.465 e. The third-order valence-electron chi connectivity index (χ3n) is 3.70. The van der Waals surface area contributed by atoms with E-state index in [1.807, 2.05) is 14.0 Å². The van der Waals surface area contributed by atoms with Crippen LogP contribution in [0, 0.1) is 5.92 Å². The maximum atomic E-state index is 12.2. The quantitative estimate of drug-likeness (QED) is 0.764. The van der Waals surface area contributed by atoms with Gasteiger partial charge in [0.25, 0.3) is 0 Å². The van der Waals surface area contributed by atoms with Crippen LogP contribution >= 0.6 is 0 Å². The molecule has 0 unspecified atom stereocenters. The van der Waals surface area contributed by atoms with Crippen LogP contribution < -0.4 is 0 Å². The summed E-state index contributed by atoms with van der Waals surface area (Å²) in [6.07, 6.45) is 3.52. The van der Waals surface area contributed by atoms with Crippen LogP contribution in [0.25, 0.3) is 0 Å². The van der Waals surface area contributed by atoms with Gasteiger partial charge in [0.15, 0.2) is 5.82 Å². The highest BCUT2D eigenvalue weighted by atomic mass is 16.5. The van der Waals surface area contributed by atoms with Gasteiger partial charge in [-0.15, -0.1) is 0 Å². The molecule has 106 valence electrons. The molecule has 1 aliphatic carbocycles. The average molecular weight is 265 g/mol. The number of aryl methyl sites for hydroxylation is 1. The summed E-state index contributed by atoms with van der Waals surface area (Å²) in [7, 11) is 1.87. The molecule has 1 heterocycles. The van der Waals surface area contributed by atoms with Crippen LogP contribution in [0.1, 0.15) is 51.7 Å². The molecule has 1 saturated carbocycles. The van der Waals surface area contributed by atoms with Crippen molar-refractivity contribution in [1.82, 2.24) is 14.8 Å². The number of rotatable bonds is 5. The van der Waals surface area contributed by atoms with E-state index in [4.69, 9.17) is 4.74 Å². The van der Waals surface area contributed by atoms with Crippen LogP contribution in [0.15, 0.2) is 0 Å². The second-order valence-electron chi connectivity index (χ2n) is 5.73. The van der Waals surface area contributed by atoms with Gasteiger partial charge in [-0.05, 0) is 25.7 Å². The maximum absolute atomic E-state index is 12.2. The lowest BCUT2D eigenvalue weighted by Gasteiger charge is -2.37. The SMILES string of the molecule is CCOC(=O)C1(c2nc(CC(C)C)nn2C)CCC1. The Morgan fingerprint density at radius 3 is 2.63 bits per heavy atom. The summed E-state index contributed by atoms with van der Waals surface area (Å²) in [4.78, 5) is 16.8. The lowest BCUT2D eigenvalue weighted by molar-refractivity contribution is -0.154. The minimum Gasteiger partial charge on any atom is -0.465 e. The number of carbonyl (C=O) groups is 1. The van der Waals surface area contributed by atoms with Crippen LogP contribution in [-0.4, -0.2) is 27.3 Å². The highest BCUT2D eigenvalue weighted by Crippen LogP contribution is 2.43. The molecule has 0 spiro atoms. The van der Waals surface area contributed by atoms with Crippen molar-refractivity contribution in [3.8, 4) is 0 Å². The van der Waals surface area contributed by atoms with Crippen molar-refractivity contribution >= 4 is 5.97 Å². The minimum absolute atomic E-state index is 0.146. The molecular formula is C14H23N3O2. The summed E-state index contributed by atoms with van der Waals surface area (Å²) in [5.41, 5.74) is -0.549. The fourth-order valence-corrected chi connectivity index (χ4v) is 2.62. The first-order valence-electron chi connectivity index (χ1n) is 7.07. The Bertz CT molecular complexity index is 461. The minimum atomic E-state index is -0.549. The topological polar surface area (TPSA) is 57.0 Å². The van der Waals surface area contributed by atoms with Crippen molar-refractivity contribution in [3.63, 3.8) is 0 Å². The van der Waals surface area contributed by atoms with Crippen molar-refractivity contribution in [3.05, 3.63) is 11.6 Å². The van der Waals surface area contributed by atoms with E-state index in [2.05, 4.69) is 23.9 Å². The molecule has 5 heteroatoms. The summed E-state index contributed by atoms with van der Waals surface area (Å²) in [6, 6.07) is 0. The number of aromatic nitrogens is 3. The Morgan fingerprint density at radius 2 is 2.16 bits per heavy atom. The predicted octanol–water partition coefficient (Wildman–Crippen LogP) is 2.00. The lowest BCUT2D eigenvalue weighted by atomic mass is 9.68. The molecule has 0 radical (unpaired) electrons. The van der Waals surface area contributed by atoms with Gasteiger partial charge in [0, 0.05) is 13.5 Å². The molecule has 19 heavy (non-hydrogen) atoms. The van der Waals surface area contributed by atoms with E-state index < -0.39 is 5.41 Å². The molecule has 1 aromatic heterocycles. The van der Waals surface area contributed by atoms with Crippen molar-refractivity contribution < 1.29 is 9.53 Å². The standard InChI is InChI=1S/C14H23N3O2/c1-5-19-13(18)14(7-6-8-14)12-15-11(9-10(2)3)16-17(12)4/h10H,5-9H2,1-4H3. The van der Waals surface area contributed by atoms with E-state index in [-0.39, 0.29) is 5.97 Å². The molecular weight excluding hydrogens is 242 g/mol. The number of ether oxygens (including phenoxy) is 1. The van der Waals surface area contributed by atoms with Gasteiger partial charge in [0.1, 0.15) is 11.2 Å². The molecule has 1 aliphatic rings. The molecule has 0 bridgehead atoms. The average Bonchev–Trinajstić information content (AvgIpc) is 2.58. The van der Waals surface area contributed by atoms with Gasteiger partial charge in [-0.1, -0.05) is 20.3 Å².